The summed E-state index contributed by atoms with van der Waals surface area (Å²) in [5.41, 5.74) is 0.117. The molecular formula is C25H32N2O6S. The van der Waals surface area contributed by atoms with Gasteiger partial charge in [-0.3, -0.25) is 14.5 Å². The topological polar surface area (TPSA) is 115 Å². The fourth-order valence-electron chi connectivity index (χ4n) is 4.19. The van der Waals surface area contributed by atoms with E-state index in [0.717, 1.165) is 31.7 Å². The standard InChI is InChI=1S/C23H30N2O2S.C2H2O4/c1-3-21(26)23(25(22(27)4-2)19-9-6-5-7-10-19)13-16-24(17-14-23)15-12-20-11-8-18-28-20;3-1(4)2(5)6/h5-11,18H,3-4,12-17H2,1-2H3;(H,3,4)(H,5,6). The van der Waals surface area contributed by atoms with Gasteiger partial charge >= 0.3 is 11.9 Å². The van der Waals surface area contributed by atoms with E-state index in [-0.39, 0.29) is 11.7 Å². The van der Waals surface area contributed by atoms with Gasteiger partial charge in [-0.2, -0.15) is 0 Å². The number of carbonyl (C=O) groups excluding carboxylic acids is 2. The van der Waals surface area contributed by atoms with Gasteiger partial charge < -0.3 is 15.1 Å². The molecule has 2 heterocycles. The Balaban J connectivity index is 0.000000604. The number of hydrogen-bond acceptors (Lipinski definition) is 6. The molecule has 0 bridgehead atoms. The Morgan fingerprint density at radius 2 is 1.56 bits per heavy atom. The van der Waals surface area contributed by atoms with Gasteiger partial charge in [0.25, 0.3) is 0 Å². The molecule has 1 aliphatic heterocycles. The van der Waals surface area contributed by atoms with Crippen LogP contribution < -0.4 is 4.90 Å². The molecule has 9 heteroatoms. The van der Waals surface area contributed by atoms with Crippen molar-refractivity contribution in [3.63, 3.8) is 0 Å². The number of carboxylic acids is 2. The van der Waals surface area contributed by atoms with Crippen molar-refractivity contribution in [1.82, 2.24) is 4.90 Å². The highest BCUT2D eigenvalue weighted by Crippen LogP contribution is 2.36. The van der Waals surface area contributed by atoms with Crippen LogP contribution in [0.4, 0.5) is 5.69 Å². The third-order valence-corrected chi connectivity index (χ3v) is 6.89. The maximum absolute atomic E-state index is 13.2. The van der Waals surface area contributed by atoms with Gasteiger partial charge in [0.05, 0.1) is 0 Å². The number of ketones is 1. The highest BCUT2D eigenvalue weighted by atomic mass is 32.1. The first kappa shape index (κ1) is 27.2. The number of Topliss-reactive ketones (excluding diaryl/α,β-unsaturated/α-hetero) is 1. The van der Waals surface area contributed by atoms with Crippen LogP contribution in [0.2, 0.25) is 0 Å². The molecule has 0 aliphatic carbocycles. The molecule has 184 valence electrons. The summed E-state index contributed by atoms with van der Waals surface area (Å²) < 4.78 is 0. The monoisotopic (exact) mass is 488 g/mol. The number of aliphatic carboxylic acids is 2. The molecule has 8 nitrogen and oxygen atoms in total. The van der Waals surface area contributed by atoms with Crippen LogP contribution in [0.3, 0.4) is 0 Å². The van der Waals surface area contributed by atoms with Crippen molar-refractivity contribution in [2.24, 2.45) is 0 Å². The van der Waals surface area contributed by atoms with Crippen molar-refractivity contribution in [1.29, 1.82) is 0 Å². The van der Waals surface area contributed by atoms with E-state index in [1.807, 2.05) is 49.1 Å². The van der Waals surface area contributed by atoms with E-state index in [1.54, 1.807) is 11.3 Å². The van der Waals surface area contributed by atoms with Gasteiger partial charge in [-0.05, 0) is 42.8 Å². The number of piperidine rings is 1. The lowest BCUT2D eigenvalue weighted by atomic mass is 9.79. The molecule has 1 aromatic carbocycles. The van der Waals surface area contributed by atoms with Gasteiger partial charge in [0.1, 0.15) is 5.54 Å². The van der Waals surface area contributed by atoms with E-state index in [1.165, 1.54) is 4.88 Å². The average molecular weight is 489 g/mol. The quantitative estimate of drug-likeness (QED) is 0.544. The third-order valence-electron chi connectivity index (χ3n) is 5.96. The predicted octanol–water partition coefficient (Wildman–Crippen LogP) is 3.70. The lowest BCUT2D eigenvalue weighted by Gasteiger charge is -2.47. The summed E-state index contributed by atoms with van der Waals surface area (Å²) in [5.74, 6) is -3.44. The smallest absolute Gasteiger partial charge is 0.414 e. The first-order valence-corrected chi connectivity index (χ1v) is 12.3. The number of benzene rings is 1. The van der Waals surface area contributed by atoms with Crippen LogP contribution in [0.1, 0.15) is 44.4 Å². The minimum atomic E-state index is -1.82. The molecule has 1 amide bonds. The molecule has 1 aliphatic rings. The van der Waals surface area contributed by atoms with Crippen LogP contribution in [-0.2, 0) is 25.6 Å². The maximum atomic E-state index is 13.2. The first-order chi connectivity index (χ1) is 16.2. The Morgan fingerprint density at radius 1 is 0.941 bits per heavy atom. The summed E-state index contributed by atoms with van der Waals surface area (Å²) in [5, 5.41) is 16.9. The second-order valence-electron chi connectivity index (χ2n) is 8.01. The second-order valence-corrected chi connectivity index (χ2v) is 9.04. The molecular weight excluding hydrogens is 456 g/mol. The summed E-state index contributed by atoms with van der Waals surface area (Å²) in [6.45, 7) is 6.48. The number of para-hydroxylation sites is 1. The van der Waals surface area contributed by atoms with Crippen LogP contribution >= 0.6 is 11.3 Å². The van der Waals surface area contributed by atoms with Crippen molar-refractivity contribution in [2.45, 2.75) is 51.5 Å². The summed E-state index contributed by atoms with van der Waals surface area (Å²) in [4.78, 5) is 50.0. The van der Waals surface area contributed by atoms with Crippen molar-refractivity contribution < 1.29 is 29.4 Å². The number of anilines is 1. The zero-order valence-corrected chi connectivity index (χ0v) is 20.4. The second kappa shape index (κ2) is 13.0. The fourth-order valence-corrected chi connectivity index (χ4v) is 4.89. The predicted molar refractivity (Wildman–Crippen MR) is 131 cm³/mol. The molecule has 2 aromatic rings. The Bertz CT molecular complexity index is 941. The minimum absolute atomic E-state index is 0.0278. The van der Waals surface area contributed by atoms with Gasteiger partial charge in [-0.1, -0.05) is 38.1 Å². The number of rotatable bonds is 8. The van der Waals surface area contributed by atoms with E-state index in [9.17, 15) is 9.59 Å². The number of hydrogen-bond donors (Lipinski definition) is 2. The number of carbonyl (C=O) groups is 4. The lowest BCUT2D eigenvalue weighted by Crippen LogP contribution is -2.62. The SMILES string of the molecule is CCC(=O)N(c1ccccc1)C1(C(=O)CC)CCN(CCc2cccs2)CC1.O=C(O)C(=O)O. The molecule has 3 rings (SSSR count). The van der Waals surface area contributed by atoms with Crippen molar-refractivity contribution >= 4 is 40.7 Å². The van der Waals surface area contributed by atoms with E-state index < -0.39 is 17.5 Å². The van der Waals surface area contributed by atoms with Crippen LogP contribution in [0.25, 0.3) is 0 Å². The van der Waals surface area contributed by atoms with E-state index in [4.69, 9.17) is 19.8 Å². The summed E-state index contributed by atoms with van der Waals surface area (Å²) in [6.07, 6.45) is 3.30. The van der Waals surface area contributed by atoms with Crippen molar-refractivity contribution in [3.05, 3.63) is 52.7 Å². The lowest BCUT2D eigenvalue weighted by molar-refractivity contribution is -0.159. The van der Waals surface area contributed by atoms with Gasteiger partial charge in [0, 0.05) is 43.0 Å². The molecule has 0 spiro atoms. The van der Waals surface area contributed by atoms with Gasteiger partial charge in [-0.25, -0.2) is 9.59 Å². The number of amides is 1. The van der Waals surface area contributed by atoms with Gasteiger partial charge in [0.2, 0.25) is 5.91 Å². The molecule has 0 saturated carbocycles. The van der Waals surface area contributed by atoms with E-state index in [0.29, 0.717) is 25.7 Å². The highest BCUT2D eigenvalue weighted by Gasteiger charge is 2.47. The largest absolute Gasteiger partial charge is 0.473 e. The molecule has 34 heavy (non-hydrogen) atoms. The van der Waals surface area contributed by atoms with E-state index >= 15 is 0 Å². The highest BCUT2D eigenvalue weighted by molar-refractivity contribution is 7.09. The normalized spacial score (nSPS) is 15.0. The van der Waals surface area contributed by atoms with E-state index in [2.05, 4.69) is 22.4 Å². The number of carboxylic acid groups (broad SMARTS) is 2. The van der Waals surface area contributed by atoms with Crippen LogP contribution in [0.15, 0.2) is 47.8 Å². The molecule has 0 atom stereocenters. The number of likely N-dealkylation sites (tertiary alicyclic amines) is 1. The number of nitrogens with zero attached hydrogens (tertiary/aromatic N) is 2. The molecule has 1 aromatic heterocycles. The Morgan fingerprint density at radius 3 is 2.03 bits per heavy atom. The van der Waals surface area contributed by atoms with Crippen molar-refractivity contribution in [2.75, 3.05) is 24.5 Å². The molecule has 0 unspecified atom stereocenters. The Kier molecular flexibility index (Phi) is 10.4. The molecule has 0 radical (unpaired) electrons. The van der Waals surface area contributed by atoms with Crippen LogP contribution in [0, 0.1) is 0 Å². The molecule has 1 saturated heterocycles. The Hall–Kier alpha value is -3.04. The molecule has 2 N–H and O–H groups in total. The first-order valence-electron chi connectivity index (χ1n) is 11.4. The summed E-state index contributed by atoms with van der Waals surface area (Å²) in [6, 6.07) is 14.0. The molecule has 1 fully saturated rings. The maximum Gasteiger partial charge on any atom is 0.414 e. The zero-order chi connectivity index (χ0) is 25.1. The summed E-state index contributed by atoms with van der Waals surface area (Å²) in [7, 11) is 0. The third kappa shape index (κ3) is 6.98. The number of thiophene rings is 1. The minimum Gasteiger partial charge on any atom is -0.473 e. The summed E-state index contributed by atoms with van der Waals surface area (Å²) >= 11 is 1.80. The van der Waals surface area contributed by atoms with Crippen LogP contribution in [0.5, 0.6) is 0 Å². The van der Waals surface area contributed by atoms with Crippen molar-refractivity contribution in [3.8, 4) is 0 Å². The van der Waals surface area contributed by atoms with Gasteiger partial charge in [-0.15, -0.1) is 11.3 Å². The zero-order valence-electron chi connectivity index (χ0n) is 19.6. The Labute approximate surface area is 203 Å². The van der Waals surface area contributed by atoms with Crippen LogP contribution in [-0.4, -0.2) is 63.9 Å². The fraction of sp³-hybridized carbons (Fsp3) is 0.440. The average Bonchev–Trinajstić information content (AvgIpc) is 3.37. The van der Waals surface area contributed by atoms with Gasteiger partial charge in [0.15, 0.2) is 5.78 Å².